The van der Waals surface area contributed by atoms with Crippen LogP contribution in [0, 0.1) is 12.8 Å². The number of hydrogen-bond acceptors (Lipinski definition) is 5. The fourth-order valence-electron chi connectivity index (χ4n) is 4.17. The first kappa shape index (κ1) is 24.1. The van der Waals surface area contributed by atoms with E-state index in [0.29, 0.717) is 23.9 Å². The van der Waals surface area contributed by atoms with E-state index in [-0.39, 0.29) is 36.8 Å². The molecule has 7 nitrogen and oxygen atoms in total. The zero-order valence-corrected chi connectivity index (χ0v) is 18.6. The number of nitrogens with one attached hydrogen (secondary N) is 1. The van der Waals surface area contributed by atoms with E-state index in [1.165, 1.54) is 19.3 Å². The first-order valence-corrected chi connectivity index (χ1v) is 9.96. The van der Waals surface area contributed by atoms with Crippen molar-refractivity contribution in [3.05, 3.63) is 47.9 Å². The van der Waals surface area contributed by atoms with Crippen molar-refractivity contribution >= 4 is 41.6 Å². The van der Waals surface area contributed by atoms with Gasteiger partial charge in [0.05, 0.1) is 16.9 Å². The van der Waals surface area contributed by atoms with E-state index in [0.717, 1.165) is 29.4 Å². The molecule has 1 saturated carbocycles. The number of carbonyl (C=O) groups is 1. The third-order valence-electron chi connectivity index (χ3n) is 5.74. The molecule has 4 rings (SSSR count). The Hall–Kier alpha value is -2.22. The molecule has 0 bridgehead atoms. The van der Waals surface area contributed by atoms with E-state index in [2.05, 4.69) is 20.6 Å². The van der Waals surface area contributed by atoms with E-state index in [1.54, 1.807) is 10.9 Å². The summed E-state index contributed by atoms with van der Waals surface area (Å²) in [5.74, 6) is 0.235. The summed E-state index contributed by atoms with van der Waals surface area (Å²) in [6.07, 6.45) is 7.68. The predicted octanol–water partition coefficient (Wildman–Crippen LogP) is 3.60. The van der Waals surface area contributed by atoms with Crippen LogP contribution in [0.3, 0.4) is 0 Å². The largest absolute Gasteiger partial charge is 0.346 e. The minimum atomic E-state index is -0.210. The number of nitrogens with two attached hydrogens (primary N) is 1. The lowest BCUT2D eigenvalue weighted by molar-refractivity contribution is 0.0909. The Morgan fingerprint density at radius 1 is 1.20 bits per heavy atom. The van der Waals surface area contributed by atoms with E-state index >= 15 is 0 Å². The normalized spacial score (nSPS) is 15.1. The molecule has 0 saturated heterocycles. The van der Waals surface area contributed by atoms with Crippen LogP contribution in [0.1, 0.15) is 48.3 Å². The average molecular weight is 451 g/mol. The standard InChI is InChI=1S/C21H26N6O.2ClH/c1-14-19(21(28)24-17(13-22)15-7-3-2-4-8-15)25-26-27(14)18-11-5-9-16-10-6-12-23-20(16)18;;/h5-6,9-12,15,17H,2-4,7-8,13,22H2,1H3,(H,24,28);2*1H. The first-order chi connectivity index (χ1) is 13.7. The van der Waals surface area contributed by atoms with Crippen LogP contribution in [0.15, 0.2) is 36.5 Å². The number of nitrogens with zero attached hydrogens (tertiary/aromatic N) is 4. The number of para-hydroxylation sites is 1. The Morgan fingerprint density at radius 3 is 2.67 bits per heavy atom. The average Bonchev–Trinajstić information content (AvgIpc) is 3.13. The molecular formula is C21H28Cl2N6O. The van der Waals surface area contributed by atoms with Gasteiger partial charge in [0.15, 0.2) is 5.69 Å². The molecule has 0 aliphatic heterocycles. The number of benzene rings is 1. The zero-order chi connectivity index (χ0) is 19.5. The molecule has 1 fully saturated rings. The van der Waals surface area contributed by atoms with Gasteiger partial charge in [-0.25, -0.2) is 4.68 Å². The Bertz CT molecular complexity index is 981. The molecule has 1 amide bonds. The molecule has 0 spiro atoms. The maximum Gasteiger partial charge on any atom is 0.274 e. The van der Waals surface area contributed by atoms with Crippen molar-refractivity contribution in [1.29, 1.82) is 0 Å². The van der Waals surface area contributed by atoms with Crippen LogP contribution >= 0.6 is 24.8 Å². The summed E-state index contributed by atoms with van der Waals surface area (Å²) in [4.78, 5) is 17.4. The fourth-order valence-corrected chi connectivity index (χ4v) is 4.17. The number of rotatable bonds is 5. The predicted molar refractivity (Wildman–Crippen MR) is 123 cm³/mol. The van der Waals surface area contributed by atoms with E-state index in [9.17, 15) is 4.79 Å². The SMILES string of the molecule is Cc1c(C(=O)NC(CN)C2CCCCC2)nnn1-c1cccc2cccnc12.Cl.Cl. The smallest absolute Gasteiger partial charge is 0.274 e. The minimum absolute atomic E-state index is 0. The van der Waals surface area contributed by atoms with Gasteiger partial charge in [0.1, 0.15) is 0 Å². The molecule has 2 heterocycles. The number of amides is 1. The van der Waals surface area contributed by atoms with Crippen molar-refractivity contribution in [2.75, 3.05) is 6.54 Å². The maximum atomic E-state index is 12.9. The summed E-state index contributed by atoms with van der Waals surface area (Å²) in [6.45, 7) is 2.30. The highest BCUT2D eigenvalue weighted by Crippen LogP contribution is 2.26. The number of hydrogen-bond donors (Lipinski definition) is 2. The molecule has 1 atom stereocenters. The van der Waals surface area contributed by atoms with Crippen LogP contribution in [0.5, 0.6) is 0 Å². The van der Waals surface area contributed by atoms with Gasteiger partial charge in [-0.2, -0.15) is 0 Å². The zero-order valence-electron chi connectivity index (χ0n) is 17.0. The Balaban J connectivity index is 0.00000160. The van der Waals surface area contributed by atoms with Crippen molar-refractivity contribution in [2.45, 2.75) is 45.1 Å². The van der Waals surface area contributed by atoms with Crippen molar-refractivity contribution < 1.29 is 4.79 Å². The summed E-state index contributed by atoms with van der Waals surface area (Å²) in [5, 5.41) is 12.5. The molecule has 3 N–H and O–H groups in total. The minimum Gasteiger partial charge on any atom is -0.346 e. The molecule has 0 radical (unpaired) electrons. The van der Waals surface area contributed by atoms with Gasteiger partial charge in [-0.05, 0) is 37.8 Å². The lowest BCUT2D eigenvalue weighted by Gasteiger charge is -2.29. The lowest BCUT2D eigenvalue weighted by atomic mass is 9.84. The lowest BCUT2D eigenvalue weighted by Crippen LogP contribution is -2.46. The summed E-state index contributed by atoms with van der Waals surface area (Å²) < 4.78 is 1.68. The van der Waals surface area contributed by atoms with Crippen LogP contribution in [0.25, 0.3) is 16.6 Å². The van der Waals surface area contributed by atoms with E-state index in [4.69, 9.17) is 5.73 Å². The number of pyridine rings is 1. The van der Waals surface area contributed by atoms with Gasteiger partial charge in [0.25, 0.3) is 5.91 Å². The van der Waals surface area contributed by atoms with E-state index < -0.39 is 0 Å². The maximum absolute atomic E-state index is 12.9. The number of aromatic nitrogens is 4. The molecule has 162 valence electrons. The topological polar surface area (TPSA) is 98.7 Å². The first-order valence-electron chi connectivity index (χ1n) is 9.96. The highest BCUT2D eigenvalue weighted by Gasteiger charge is 2.26. The molecule has 1 unspecified atom stereocenters. The molecule has 1 aliphatic carbocycles. The van der Waals surface area contributed by atoms with Crippen LogP contribution in [-0.4, -0.2) is 38.5 Å². The number of halogens is 2. The summed E-state index contributed by atoms with van der Waals surface area (Å²) in [6, 6.07) is 9.77. The molecular weight excluding hydrogens is 423 g/mol. The van der Waals surface area contributed by atoms with Crippen LogP contribution in [0.2, 0.25) is 0 Å². The Kier molecular flexibility index (Phi) is 8.58. The third kappa shape index (κ3) is 4.74. The second kappa shape index (κ2) is 10.7. The Labute approximate surface area is 188 Å². The van der Waals surface area contributed by atoms with Crippen molar-refractivity contribution in [2.24, 2.45) is 11.7 Å². The third-order valence-corrected chi connectivity index (χ3v) is 5.74. The van der Waals surface area contributed by atoms with Gasteiger partial charge in [-0.3, -0.25) is 9.78 Å². The van der Waals surface area contributed by atoms with Gasteiger partial charge < -0.3 is 11.1 Å². The van der Waals surface area contributed by atoms with Gasteiger partial charge in [0.2, 0.25) is 0 Å². The van der Waals surface area contributed by atoms with Gasteiger partial charge in [-0.1, -0.05) is 42.7 Å². The molecule has 1 aromatic carbocycles. The molecule has 1 aliphatic rings. The second-order valence-corrected chi connectivity index (χ2v) is 7.50. The molecule has 3 aromatic rings. The van der Waals surface area contributed by atoms with Gasteiger partial charge in [0, 0.05) is 24.2 Å². The Morgan fingerprint density at radius 2 is 1.93 bits per heavy atom. The number of carbonyl (C=O) groups excluding carboxylic acids is 1. The molecule has 9 heteroatoms. The van der Waals surface area contributed by atoms with Gasteiger partial charge >= 0.3 is 0 Å². The molecule has 30 heavy (non-hydrogen) atoms. The number of fused-ring (bicyclic) bond motifs is 1. The summed E-state index contributed by atoms with van der Waals surface area (Å²) in [7, 11) is 0. The van der Waals surface area contributed by atoms with Crippen molar-refractivity contribution in [3.8, 4) is 5.69 Å². The monoisotopic (exact) mass is 450 g/mol. The highest BCUT2D eigenvalue weighted by atomic mass is 35.5. The van der Waals surface area contributed by atoms with Crippen molar-refractivity contribution in [1.82, 2.24) is 25.3 Å². The molecule has 2 aromatic heterocycles. The second-order valence-electron chi connectivity index (χ2n) is 7.50. The quantitative estimate of drug-likeness (QED) is 0.618. The fraction of sp³-hybridized carbons (Fsp3) is 0.429. The highest BCUT2D eigenvalue weighted by molar-refractivity contribution is 5.94. The van der Waals surface area contributed by atoms with Gasteiger partial charge in [-0.15, -0.1) is 29.9 Å². The van der Waals surface area contributed by atoms with Crippen LogP contribution in [-0.2, 0) is 0 Å². The van der Waals surface area contributed by atoms with Crippen LogP contribution in [0.4, 0.5) is 0 Å². The van der Waals surface area contributed by atoms with Crippen LogP contribution < -0.4 is 11.1 Å². The summed E-state index contributed by atoms with van der Waals surface area (Å²) >= 11 is 0. The summed E-state index contributed by atoms with van der Waals surface area (Å²) in [5.41, 5.74) is 8.62. The van der Waals surface area contributed by atoms with Crippen molar-refractivity contribution in [3.63, 3.8) is 0 Å². The van der Waals surface area contributed by atoms with E-state index in [1.807, 2.05) is 37.3 Å².